The molecule has 1 fully saturated rings. The van der Waals surface area contributed by atoms with E-state index in [-0.39, 0.29) is 6.10 Å². The van der Waals surface area contributed by atoms with Gasteiger partial charge >= 0.3 is 0 Å². The standard InChI is InChI=1S/C15H22BrNO3/c1-3-20-15-13(16)7-11(8-14(15)19-2)9-17-6-4-5-12(18)10-17/h7-8,12,18H,3-6,9-10H2,1-2H3. The third-order valence-corrected chi connectivity index (χ3v) is 4.05. The predicted octanol–water partition coefficient (Wildman–Crippen LogP) is 2.81. The molecule has 0 aliphatic carbocycles. The van der Waals surface area contributed by atoms with Crippen LogP contribution < -0.4 is 9.47 Å². The van der Waals surface area contributed by atoms with Gasteiger partial charge in [0.2, 0.25) is 0 Å². The molecule has 0 bridgehead atoms. The first kappa shape index (κ1) is 15.6. The van der Waals surface area contributed by atoms with Gasteiger partial charge < -0.3 is 14.6 Å². The maximum atomic E-state index is 9.73. The first-order chi connectivity index (χ1) is 9.63. The van der Waals surface area contributed by atoms with Gasteiger partial charge in [-0.05, 0) is 59.9 Å². The zero-order chi connectivity index (χ0) is 14.5. The van der Waals surface area contributed by atoms with Crippen LogP contribution in [0.25, 0.3) is 0 Å². The number of piperidine rings is 1. The number of rotatable bonds is 5. The molecule has 1 saturated heterocycles. The molecule has 0 spiro atoms. The number of aliphatic hydroxyl groups excluding tert-OH is 1. The molecular weight excluding hydrogens is 322 g/mol. The van der Waals surface area contributed by atoms with Crippen molar-refractivity contribution < 1.29 is 14.6 Å². The fraction of sp³-hybridized carbons (Fsp3) is 0.600. The van der Waals surface area contributed by atoms with Gasteiger partial charge in [0.25, 0.3) is 0 Å². The van der Waals surface area contributed by atoms with E-state index < -0.39 is 0 Å². The van der Waals surface area contributed by atoms with Crippen molar-refractivity contribution in [3.8, 4) is 11.5 Å². The Labute approximate surface area is 128 Å². The summed E-state index contributed by atoms with van der Waals surface area (Å²) in [6, 6.07) is 4.07. The van der Waals surface area contributed by atoms with Gasteiger partial charge in [-0.2, -0.15) is 0 Å². The van der Waals surface area contributed by atoms with Gasteiger partial charge in [-0.3, -0.25) is 4.90 Å². The van der Waals surface area contributed by atoms with Gasteiger partial charge in [-0.25, -0.2) is 0 Å². The minimum absolute atomic E-state index is 0.197. The molecule has 2 rings (SSSR count). The Kier molecular flexibility index (Phi) is 5.69. The molecule has 0 amide bonds. The van der Waals surface area contributed by atoms with E-state index in [1.165, 1.54) is 0 Å². The molecule has 1 aromatic carbocycles. The fourth-order valence-electron chi connectivity index (χ4n) is 2.58. The van der Waals surface area contributed by atoms with Crippen LogP contribution in [0.3, 0.4) is 0 Å². The first-order valence-electron chi connectivity index (χ1n) is 7.03. The van der Waals surface area contributed by atoms with Gasteiger partial charge in [0.05, 0.1) is 24.3 Å². The Morgan fingerprint density at radius 3 is 2.90 bits per heavy atom. The molecule has 0 radical (unpaired) electrons. The third-order valence-electron chi connectivity index (χ3n) is 3.46. The molecule has 112 valence electrons. The van der Waals surface area contributed by atoms with Crippen LogP contribution in [0.5, 0.6) is 11.5 Å². The maximum absolute atomic E-state index is 9.73. The van der Waals surface area contributed by atoms with E-state index in [1.54, 1.807) is 7.11 Å². The Bertz CT molecular complexity index is 453. The zero-order valence-corrected chi connectivity index (χ0v) is 13.6. The highest BCUT2D eigenvalue weighted by molar-refractivity contribution is 9.10. The number of hydrogen-bond acceptors (Lipinski definition) is 4. The highest BCUT2D eigenvalue weighted by Gasteiger charge is 2.19. The highest BCUT2D eigenvalue weighted by atomic mass is 79.9. The zero-order valence-electron chi connectivity index (χ0n) is 12.1. The number of halogens is 1. The minimum atomic E-state index is -0.197. The summed E-state index contributed by atoms with van der Waals surface area (Å²) in [6.45, 7) is 5.15. The lowest BCUT2D eigenvalue weighted by molar-refractivity contribution is 0.0668. The number of aliphatic hydroxyl groups is 1. The average Bonchev–Trinajstić information content (AvgIpc) is 2.41. The summed E-state index contributed by atoms with van der Waals surface area (Å²) >= 11 is 3.54. The molecule has 1 atom stereocenters. The van der Waals surface area contributed by atoms with Crippen molar-refractivity contribution in [3.63, 3.8) is 0 Å². The van der Waals surface area contributed by atoms with Crippen LogP contribution >= 0.6 is 15.9 Å². The molecule has 1 unspecified atom stereocenters. The predicted molar refractivity (Wildman–Crippen MR) is 82.4 cm³/mol. The van der Waals surface area contributed by atoms with Crippen LogP contribution in [0.4, 0.5) is 0 Å². The van der Waals surface area contributed by atoms with Crippen LogP contribution in [-0.4, -0.2) is 42.9 Å². The fourth-order valence-corrected chi connectivity index (χ4v) is 3.19. The van der Waals surface area contributed by atoms with Gasteiger partial charge in [-0.1, -0.05) is 0 Å². The summed E-state index contributed by atoms with van der Waals surface area (Å²) in [5.74, 6) is 1.49. The lowest BCUT2D eigenvalue weighted by atomic mass is 10.1. The van der Waals surface area contributed by atoms with Crippen molar-refractivity contribution in [2.45, 2.75) is 32.4 Å². The quantitative estimate of drug-likeness (QED) is 0.892. The molecule has 4 nitrogen and oxygen atoms in total. The van der Waals surface area contributed by atoms with Gasteiger partial charge in [0, 0.05) is 13.1 Å². The smallest absolute Gasteiger partial charge is 0.175 e. The van der Waals surface area contributed by atoms with Crippen molar-refractivity contribution in [2.75, 3.05) is 26.8 Å². The molecule has 1 aliphatic heterocycles. The molecule has 20 heavy (non-hydrogen) atoms. The van der Waals surface area contributed by atoms with Crippen LogP contribution in [0.2, 0.25) is 0 Å². The number of benzene rings is 1. The monoisotopic (exact) mass is 343 g/mol. The summed E-state index contributed by atoms with van der Waals surface area (Å²) in [5, 5.41) is 9.73. The second kappa shape index (κ2) is 7.29. The second-order valence-electron chi connectivity index (χ2n) is 5.07. The topological polar surface area (TPSA) is 41.9 Å². The molecule has 1 N–H and O–H groups in total. The summed E-state index contributed by atoms with van der Waals surface area (Å²) in [5.41, 5.74) is 1.16. The van der Waals surface area contributed by atoms with Crippen LogP contribution in [-0.2, 0) is 6.54 Å². The maximum Gasteiger partial charge on any atom is 0.175 e. The van der Waals surface area contributed by atoms with Gasteiger partial charge in [0.1, 0.15) is 0 Å². The summed E-state index contributed by atoms with van der Waals surface area (Å²) in [7, 11) is 1.65. The molecule has 1 heterocycles. The highest BCUT2D eigenvalue weighted by Crippen LogP contribution is 2.37. The number of likely N-dealkylation sites (tertiary alicyclic amines) is 1. The van der Waals surface area contributed by atoms with E-state index in [2.05, 4.69) is 26.9 Å². The van der Waals surface area contributed by atoms with E-state index in [9.17, 15) is 5.11 Å². The molecule has 0 aromatic heterocycles. The summed E-state index contributed by atoms with van der Waals surface area (Å²) < 4.78 is 11.9. The number of ether oxygens (including phenoxy) is 2. The van der Waals surface area contributed by atoms with Crippen LogP contribution in [0.15, 0.2) is 16.6 Å². The number of hydrogen-bond donors (Lipinski definition) is 1. The molecule has 5 heteroatoms. The SMILES string of the molecule is CCOc1c(Br)cc(CN2CCCC(O)C2)cc1OC. The van der Waals surface area contributed by atoms with E-state index >= 15 is 0 Å². The van der Waals surface area contributed by atoms with E-state index in [0.717, 1.165) is 54.0 Å². The Morgan fingerprint density at radius 1 is 1.45 bits per heavy atom. The minimum Gasteiger partial charge on any atom is -0.493 e. The van der Waals surface area contributed by atoms with E-state index in [1.807, 2.05) is 13.0 Å². The molecule has 0 saturated carbocycles. The number of methoxy groups -OCH3 is 1. The second-order valence-corrected chi connectivity index (χ2v) is 5.93. The molecule has 1 aromatic rings. The Balaban J connectivity index is 2.14. The van der Waals surface area contributed by atoms with Gasteiger partial charge in [0.15, 0.2) is 11.5 Å². The first-order valence-corrected chi connectivity index (χ1v) is 7.83. The number of β-amino-alcohol motifs (C(OH)–C–C–N with tert-alkyl or cyclic N) is 1. The Morgan fingerprint density at radius 2 is 2.25 bits per heavy atom. The molecule has 1 aliphatic rings. The van der Waals surface area contributed by atoms with Crippen molar-refractivity contribution >= 4 is 15.9 Å². The van der Waals surface area contributed by atoms with E-state index in [4.69, 9.17) is 9.47 Å². The van der Waals surface area contributed by atoms with Crippen LogP contribution in [0.1, 0.15) is 25.3 Å². The average molecular weight is 344 g/mol. The largest absolute Gasteiger partial charge is 0.493 e. The van der Waals surface area contributed by atoms with Crippen molar-refractivity contribution in [1.82, 2.24) is 4.90 Å². The summed E-state index contributed by atoms with van der Waals surface area (Å²) in [4.78, 5) is 2.27. The van der Waals surface area contributed by atoms with Crippen molar-refractivity contribution in [3.05, 3.63) is 22.2 Å². The summed E-state index contributed by atoms with van der Waals surface area (Å²) in [6.07, 6.45) is 1.76. The number of nitrogens with zero attached hydrogens (tertiary/aromatic N) is 1. The van der Waals surface area contributed by atoms with Gasteiger partial charge in [-0.15, -0.1) is 0 Å². The molecular formula is C15H22BrNO3. The third kappa shape index (κ3) is 3.87. The van der Waals surface area contributed by atoms with E-state index in [0.29, 0.717) is 6.61 Å². The lowest BCUT2D eigenvalue weighted by Gasteiger charge is -2.30. The lowest BCUT2D eigenvalue weighted by Crippen LogP contribution is -2.37. The van der Waals surface area contributed by atoms with Crippen LogP contribution in [0, 0.1) is 0 Å². The Hall–Kier alpha value is -0.780. The van der Waals surface area contributed by atoms with Crippen molar-refractivity contribution in [2.24, 2.45) is 0 Å². The van der Waals surface area contributed by atoms with Crippen molar-refractivity contribution in [1.29, 1.82) is 0 Å². The normalized spacial score (nSPS) is 19.9.